The van der Waals surface area contributed by atoms with Gasteiger partial charge in [0.15, 0.2) is 5.11 Å². The Labute approximate surface area is 143 Å². The molecule has 1 aromatic rings. The zero-order valence-electron chi connectivity index (χ0n) is 13.7. The lowest BCUT2D eigenvalue weighted by molar-refractivity contribution is -0.121. The van der Waals surface area contributed by atoms with Crippen LogP contribution in [-0.4, -0.2) is 23.3 Å². The van der Waals surface area contributed by atoms with Gasteiger partial charge in [-0.05, 0) is 37.0 Å². The first-order valence-corrected chi connectivity index (χ1v) is 8.48. The Hall–Kier alpha value is -1.95. The monoisotopic (exact) mass is 334 g/mol. The normalized spacial score (nSPS) is 11.1. The number of carbonyl (C=O) groups excluding carboxylic acids is 1. The number of nitrogens with zero attached hydrogens (tertiary/aromatic N) is 1. The summed E-state index contributed by atoms with van der Waals surface area (Å²) in [6, 6.07) is 9.85. The van der Waals surface area contributed by atoms with E-state index in [4.69, 9.17) is 18.0 Å². The fraction of sp³-hybridized carbons (Fsp3) is 0.471. The van der Waals surface area contributed by atoms with Crippen LogP contribution in [-0.2, 0) is 4.79 Å². The molecule has 1 aromatic carbocycles. The average molecular weight is 334 g/mol. The first-order chi connectivity index (χ1) is 11.1. The van der Waals surface area contributed by atoms with E-state index < -0.39 is 0 Å². The highest BCUT2D eigenvalue weighted by Crippen LogP contribution is 2.06. The highest BCUT2D eigenvalue weighted by molar-refractivity contribution is 7.80. The van der Waals surface area contributed by atoms with E-state index in [-0.39, 0.29) is 11.0 Å². The summed E-state index contributed by atoms with van der Waals surface area (Å²) in [6.45, 7) is 2.77. The van der Waals surface area contributed by atoms with E-state index in [1.807, 2.05) is 30.3 Å². The predicted octanol–water partition coefficient (Wildman–Crippen LogP) is 2.70. The van der Waals surface area contributed by atoms with Crippen LogP contribution in [0.4, 0.5) is 0 Å². The number of benzene rings is 1. The van der Waals surface area contributed by atoms with Crippen molar-refractivity contribution in [2.45, 2.75) is 45.4 Å². The van der Waals surface area contributed by atoms with Gasteiger partial charge in [-0.3, -0.25) is 10.2 Å². The van der Waals surface area contributed by atoms with Gasteiger partial charge in [-0.2, -0.15) is 5.10 Å². The molecule has 0 radical (unpaired) electrons. The molecule has 1 rings (SSSR count). The van der Waals surface area contributed by atoms with Gasteiger partial charge in [0, 0.05) is 13.0 Å². The van der Waals surface area contributed by atoms with E-state index in [2.05, 4.69) is 22.8 Å². The van der Waals surface area contributed by atoms with Crippen LogP contribution >= 0.6 is 12.2 Å². The second-order valence-corrected chi connectivity index (χ2v) is 5.75. The highest BCUT2D eigenvalue weighted by Gasteiger charge is 2.05. The number of thiocarbonyl (C=S) groups is 1. The van der Waals surface area contributed by atoms with E-state index in [0.717, 1.165) is 43.4 Å². The second-order valence-electron chi connectivity index (χ2n) is 5.31. The molecule has 5 nitrogen and oxygen atoms in total. The zero-order chi connectivity index (χ0) is 16.9. The fourth-order valence-electron chi connectivity index (χ4n) is 2.13. The smallest absolute Gasteiger partial charge is 0.219 e. The SMILES string of the molecule is CCCCCC(=O)NCCCC(=NNC(N)=S)c1ccccc1. The number of amides is 1. The standard InChI is InChI=1S/C17H26N4OS/c1-2-3-5-12-16(22)19-13-8-11-15(20-21-17(18)23)14-9-6-4-7-10-14/h4,6-7,9-10H,2-3,5,8,11-13H2,1H3,(H,19,22)(H3,18,21,23). The first-order valence-electron chi connectivity index (χ1n) is 8.07. The summed E-state index contributed by atoms with van der Waals surface area (Å²) in [6.07, 6.45) is 5.33. The molecule has 0 saturated heterocycles. The Bertz CT molecular complexity index is 517. The zero-order valence-corrected chi connectivity index (χ0v) is 14.5. The third-order valence-corrected chi connectivity index (χ3v) is 3.42. The molecule has 6 heteroatoms. The molecule has 1 amide bonds. The summed E-state index contributed by atoms with van der Waals surface area (Å²) >= 11 is 4.79. The number of hydrogen-bond acceptors (Lipinski definition) is 3. The number of unbranched alkanes of at least 4 members (excludes halogenated alkanes) is 2. The molecule has 0 aliphatic heterocycles. The summed E-state index contributed by atoms with van der Waals surface area (Å²) in [5.74, 6) is 0.123. The lowest BCUT2D eigenvalue weighted by atomic mass is 10.1. The molecule has 0 spiro atoms. The Morgan fingerprint density at radius 1 is 1.17 bits per heavy atom. The van der Waals surface area contributed by atoms with Crippen LogP contribution in [0.2, 0.25) is 0 Å². The molecule has 0 bridgehead atoms. The van der Waals surface area contributed by atoms with Crippen molar-refractivity contribution in [3.63, 3.8) is 0 Å². The van der Waals surface area contributed by atoms with Crippen LogP contribution in [0, 0.1) is 0 Å². The number of hydrazone groups is 1. The number of hydrogen-bond donors (Lipinski definition) is 3. The van der Waals surface area contributed by atoms with Crippen LogP contribution in [0.5, 0.6) is 0 Å². The largest absolute Gasteiger partial charge is 0.375 e. The molecule has 126 valence electrons. The lowest BCUT2D eigenvalue weighted by Crippen LogP contribution is -2.27. The van der Waals surface area contributed by atoms with Crippen molar-refractivity contribution < 1.29 is 4.79 Å². The minimum Gasteiger partial charge on any atom is -0.375 e. The fourth-order valence-corrected chi connectivity index (χ4v) is 2.17. The van der Waals surface area contributed by atoms with Crippen LogP contribution in [0.1, 0.15) is 51.0 Å². The van der Waals surface area contributed by atoms with Crippen molar-refractivity contribution in [2.75, 3.05) is 6.54 Å². The number of rotatable bonds is 10. The maximum Gasteiger partial charge on any atom is 0.219 e. The molecule has 0 saturated carbocycles. The lowest BCUT2D eigenvalue weighted by Gasteiger charge is -2.08. The van der Waals surface area contributed by atoms with Gasteiger partial charge in [-0.1, -0.05) is 50.1 Å². The van der Waals surface area contributed by atoms with Crippen LogP contribution in [0.3, 0.4) is 0 Å². The molecule has 0 heterocycles. The minimum atomic E-state index is 0.123. The van der Waals surface area contributed by atoms with Crippen molar-refractivity contribution in [3.8, 4) is 0 Å². The first kappa shape index (κ1) is 19.1. The maximum atomic E-state index is 11.7. The molecule has 0 unspecified atom stereocenters. The van der Waals surface area contributed by atoms with E-state index >= 15 is 0 Å². The Kier molecular flexibility index (Phi) is 9.63. The molecular weight excluding hydrogens is 308 g/mol. The highest BCUT2D eigenvalue weighted by atomic mass is 32.1. The summed E-state index contributed by atoms with van der Waals surface area (Å²) in [5.41, 5.74) is 9.96. The Balaban J connectivity index is 2.42. The average Bonchev–Trinajstić information content (AvgIpc) is 2.55. The van der Waals surface area contributed by atoms with Crippen molar-refractivity contribution in [2.24, 2.45) is 10.8 Å². The second kappa shape index (κ2) is 11.6. The summed E-state index contributed by atoms with van der Waals surface area (Å²) in [4.78, 5) is 11.7. The van der Waals surface area contributed by atoms with Gasteiger partial charge in [0.05, 0.1) is 5.71 Å². The topological polar surface area (TPSA) is 79.5 Å². The van der Waals surface area contributed by atoms with Gasteiger partial charge in [0.1, 0.15) is 0 Å². The molecule has 23 heavy (non-hydrogen) atoms. The van der Waals surface area contributed by atoms with E-state index in [9.17, 15) is 4.79 Å². The van der Waals surface area contributed by atoms with Gasteiger partial charge < -0.3 is 11.1 Å². The number of nitrogens with one attached hydrogen (secondary N) is 2. The van der Waals surface area contributed by atoms with Gasteiger partial charge >= 0.3 is 0 Å². The van der Waals surface area contributed by atoms with Gasteiger partial charge in [0.25, 0.3) is 0 Å². The molecular formula is C17H26N4OS. The maximum absolute atomic E-state index is 11.7. The van der Waals surface area contributed by atoms with Crippen LogP contribution in [0.25, 0.3) is 0 Å². The molecule has 0 atom stereocenters. The minimum absolute atomic E-state index is 0.123. The summed E-state index contributed by atoms with van der Waals surface area (Å²) in [7, 11) is 0. The molecule has 0 aromatic heterocycles. The van der Waals surface area contributed by atoms with Gasteiger partial charge in [-0.25, -0.2) is 0 Å². The van der Waals surface area contributed by atoms with E-state index in [1.54, 1.807) is 0 Å². The number of nitrogens with two attached hydrogens (primary N) is 1. The van der Waals surface area contributed by atoms with Crippen LogP contribution in [0.15, 0.2) is 35.4 Å². The third kappa shape index (κ3) is 8.93. The van der Waals surface area contributed by atoms with Crippen molar-refractivity contribution in [1.29, 1.82) is 0 Å². The van der Waals surface area contributed by atoms with Crippen molar-refractivity contribution in [1.82, 2.24) is 10.7 Å². The summed E-state index contributed by atoms with van der Waals surface area (Å²) in [5, 5.41) is 7.35. The quantitative estimate of drug-likeness (QED) is 0.266. The Morgan fingerprint density at radius 3 is 2.57 bits per heavy atom. The number of carbonyl (C=O) groups is 1. The van der Waals surface area contributed by atoms with E-state index in [1.165, 1.54) is 0 Å². The Morgan fingerprint density at radius 2 is 1.91 bits per heavy atom. The molecule has 4 N–H and O–H groups in total. The molecule has 0 aliphatic carbocycles. The van der Waals surface area contributed by atoms with Crippen LogP contribution < -0.4 is 16.5 Å². The van der Waals surface area contributed by atoms with Crippen molar-refractivity contribution >= 4 is 28.9 Å². The van der Waals surface area contributed by atoms with E-state index in [0.29, 0.717) is 13.0 Å². The molecule has 0 aliphatic rings. The van der Waals surface area contributed by atoms with Gasteiger partial charge in [-0.15, -0.1) is 0 Å². The third-order valence-electron chi connectivity index (χ3n) is 3.33. The molecule has 0 fully saturated rings. The summed E-state index contributed by atoms with van der Waals surface area (Å²) < 4.78 is 0. The van der Waals surface area contributed by atoms with Gasteiger partial charge in [0.2, 0.25) is 5.91 Å². The predicted molar refractivity (Wildman–Crippen MR) is 99.3 cm³/mol. The van der Waals surface area contributed by atoms with Crippen molar-refractivity contribution in [3.05, 3.63) is 35.9 Å².